The largest absolute Gasteiger partial charge is 0.466 e. The van der Waals surface area contributed by atoms with Crippen LogP contribution in [0.15, 0.2) is 4.99 Å². The first-order valence-corrected chi connectivity index (χ1v) is 7.99. The fraction of sp³-hybridized carbons (Fsp3) is 0.875. The van der Waals surface area contributed by atoms with E-state index in [0.717, 1.165) is 38.3 Å². The molecule has 5 nitrogen and oxygen atoms in total. The van der Waals surface area contributed by atoms with Crippen LogP contribution in [0.5, 0.6) is 0 Å². The van der Waals surface area contributed by atoms with Crippen molar-refractivity contribution in [3.05, 3.63) is 0 Å². The normalized spacial score (nSPS) is 19.4. The van der Waals surface area contributed by atoms with Gasteiger partial charge in [0.15, 0.2) is 5.96 Å². The lowest BCUT2D eigenvalue weighted by atomic mass is 9.92. The van der Waals surface area contributed by atoms with E-state index in [4.69, 9.17) is 4.74 Å². The van der Waals surface area contributed by atoms with Gasteiger partial charge in [0.25, 0.3) is 0 Å². The van der Waals surface area contributed by atoms with Gasteiger partial charge in [0.05, 0.1) is 12.5 Å². The summed E-state index contributed by atoms with van der Waals surface area (Å²) in [5, 5.41) is 3.41. The number of guanidine groups is 1. The average Bonchev–Trinajstić information content (AvgIpc) is 2.43. The number of ether oxygens (including phenoxy) is 1. The van der Waals surface area contributed by atoms with E-state index in [-0.39, 0.29) is 35.9 Å². The van der Waals surface area contributed by atoms with Crippen molar-refractivity contribution in [3.8, 4) is 0 Å². The summed E-state index contributed by atoms with van der Waals surface area (Å²) < 4.78 is 5.14. The molecule has 1 saturated heterocycles. The lowest BCUT2D eigenvalue weighted by Crippen LogP contribution is -2.48. The summed E-state index contributed by atoms with van der Waals surface area (Å²) in [6, 6.07) is 0. The van der Waals surface area contributed by atoms with E-state index < -0.39 is 0 Å². The van der Waals surface area contributed by atoms with Gasteiger partial charge in [0.2, 0.25) is 0 Å². The Hall–Kier alpha value is -0.530. The van der Waals surface area contributed by atoms with Crippen molar-refractivity contribution in [1.29, 1.82) is 0 Å². The van der Waals surface area contributed by atoms with Crippen LogP contribution in [0, 0.1) is 11.3 Å². The number of aliphatic imine (C=N–C) groups is 1. The molecule has 1 aliphatic rings. The molecule has 0 aromatic carbocycles. The summed E-state index contributed by atoms with van der Waals surface area (Å²) in [4.78, 5) is 18.4. The monoisotopic (exact) mass is 425 g/mol. The van der Waals surface area contributed by atoms with E-state index >= 15 is 0 Å². The molecule has 0 bridgehead atoms. The first-order chi connectivity index (χ1) is 9.87. The fourth-order valence-corrected chi connectivity index (χ4v) is 2.50. The first-order valence-electron chi connectivity index (χ1n) is 7.99. The Labute approximate surface area is 152 Å². The topological polar surface area (TPSA) is 53.9 Å². The summed E-state index contributed by atoms with van der Waals surface area (Å²) in [6.45, 7) is 11.6. The van der Waals surface area contributed by atoms with Crippen molar-refractivity contribution in [3.63, 3.8) is 0 Å². The van der Waals surface area contributed by atoms with Gasteiger partial charge in [-0.25, -0.2) is 0 Å². The Morgan fingerprint density at radius 1 is 1.41 bits per heavy atom. The third kappa shape index (κ3) is 7.65. The minimum atomic E-state index is -0.0765. The highest BCUT2D eigenvalue weighted by Crippen LogP contribution is 2.19. The molecule has 0 amide bonds. The standard InChI is InChI=1S/C16H31N3O2.HI/c1-6-21-14(20)13-8-7-11-19(12-13)15(17-5)18-10-9-16(2,3)4;/h13H,6-12H2,1-5H3,(H,17,18);1H. The number of likely N-dealkylation sites (tertiary alicyclic amines) is 1. The number of halogens is 1. The number of carbonyl (C=O) groups excluding carboxylic acids is 1. The van der Waals surface area contributed by atoms with Crippen molar-refractivity contribution in [1.82, 2.24) is 10.2 Å². The molecular formula is C16H32IN3O2. The minimum Gasteiger partial charge on any atom is -0.466 e. The summed E-state index contributed by atoms with van der Waals surface area (Å²) in [5.41, 5.74) is 0.307. The molecule has 1 unspecified atom stereocenters. The Bertz CT molecular complexity index is 367. The van der Waals surface area contributed by atoms with Gasteiger partial charge in [-0.05, 0) is 31.6 Å². The second-order valence-corrected chi connectivity index (χ2v) is 6.82. The molecule has 1 rings (SSSR count). The number of esters is 1. The van der Waals surface area contributed by atoms with Crippen molar-refractivity contribution in [2.75, 3.05) is 33.3 Å². The van der Waals surface area contributed by atoms with E-state index in [1.165, 1.54) is 0 Å². The summed E-state index contributed by atoms with van der Waals surface area (Å²) in [7, 11) is 1.80. The van der Waals surface area contributed by atoms with Crippen LogP contribution in [0.4, 0.5) is 0 Å². The van der Waals surface area contributed by atoms with Gasteiger partial charge in [-0.15, -0.1) is 24.0 Å². The van der Waals surface area contributed by atoms with Crippen LogP contribution in [-0.2, 0) is 9.53 Å². The molecule has 6 heteroatoms. The smallest absolute Gasteiger partial charge is 0.310 e. The quantitative estimate of drug-likeness (QED) is 0.326. The molecule has 1 N–H and O–H groups in total. The zero-order chi connectivity index (χ0) is 15.9. The third-order valence-electron chi connectivity index (χ3n) is 3.71. The fourth-order valence-electron chi connectivity index (χ4n) is 2.50. The van der Waals surface area contributed by atoms with Crippen molar-refractivity contribution in [2.24, 2.45) is 16.3 Å². The molecule has 1 fully saturated rings. The highest BCUT2D eigenvalue weighted by Gasteiger charge is 2.28. The summed E-state index contributed by atoms with van der Waals surface area (Å²) in [6.07, 6.45) is 3.00. The number of carbonyl (C=O) groups is 1. The van der Waals surface area contributed by atoms with Crippen LogP contribution >= 0.6 is 24.0 Å². The molecule has 22 heavy (non-hydrogen) atoms. The summed E-state index contributed by atoms with van der Waals surface area (Å²) >= 11 is 0. The van der Waals surface area contributed by atoms with E-state index in [0.29, 0.717) is 18.6 Å². The maximum atomic E-state index is 11.9. The Balaban J connectivity index is 0.00000441. The Morgan fingerprint density at radius 3 is 2.64 bits per heavy atom. The molecule has 0 spiro atoms. The molecule has 1 atom stereocenters. The molecule has 0 aliphatic carbocycles. The van der Waals surface area contributed by atoms with E-state index in [2.05, 4.69) is 36.0 Å². The van der Waals surface area contributed by atoms with Gasteiger partial charge >= 0.3 is 5.97 Å². The van der Waals surface area contributed by atoms with Gasteiger partial charge in [0, 0.05) is 26.7 Å². The van der Waals surface area contributed by atoms with Crippen LogP contribution in [0.25, 0.3) is 0 Å². The minimum absolute atomic E-state index is 0. The van der Waals surface area contributed by atoms with Gasteiger partial charge in [-0.1, -0.05) is 20.8 Å². The molecule has 1 heterocycles. The second kappa shape index (κ2) is 10.3. The molecule has 0 aromatic heterocycles. The molecule has 0 aromatic rings. The number of hydrogen-bond acceptors (Lipinski definition) is 3. The highest BCUT2D eigenvalue weighted by atomic mass is 127. The number of nitrogens with one attached hydrogen (secondary N) is 1. The van der Waals surface area contributed by atoms with Gasteiger partial charge in [-0.2, -0.15) is 0 Å². The maximum absolute atomic E-state index is 11.9. The molecular weight excluding hydrogens is 393 g/mol. The van der Waals surface area contributed by atoms with Crippen LogP contribution in [-0.4, -0.2) is 50.1 Å². The number of hydrogen-bond donors (Lipinski definition) is 1. The second-order valence-electron chi connectivity index (χ2n) is 6.82. The highest BCUT2D eigenvalue weighted by molar-refractivity contribution is 14.0. The Kier molecular flexibility index (Phi) is 10.0. The van der Waals surface area contributed by atoms with Gasteiger partial charge in [-0.3, -0.25) is 9.79 Å². The van der Waals surface area contributed by atoms with Crippen LogP contribution in [0.2, 0.25) is 0 Å². The average molecular weight is 425 g/mol. The van der Waals surface area contributed by atoms with Crippen LogP contribution in [0.1, 0.15) is 47.0 Å². The molecule has 1 aliphatic heterocycles. The summed E-state index contributed by atoms with van der Waals surface area (Å²) in [5.74, 6) is 0.792. The molecule has 0 radical (unpaired) electrons. The van der Waals surface area contributed by atoms with E-state index in [9.17, 15) is 4.79 Å². The Morgan fingerprint density at radius 2 is 2.09 bits per heavy atom. The van der Waals surface area contributed by atoms with Gasteiger partial charge < -0.3 is 15.0 Å². The lowest BCUT2D eigenvalue weighted by molar-refractivity contribution is -0.149. The SMILES string of the molecule is CCOC(=O)C1CCCN(C(=NC)NCCC(C)(C)C)C1.I. The van der Waals surface area contributed by atoms with E-state index in [1.54, 1.807) is 7.05 Å². The zero-order valence-corrected chi connectivity index (χ0v) is 17.0. The van der Waals surface area contributed by atoms with Crippen molar-refractivity contribution < 1.29 is 9.53 Å². The third-order valence-corrected chi connectivity index (χ3v) is 3.71. The number of piperidine rings is 1. The van der Waals surface area contributed by atoms with Crippen molar-refractivity contribution >= 4 is 35.9 Å². The van der Waals surface area contributed by atoms with E-state index in [1.807, 2.05) is 6.92 Å². The molecule has 0 saturated carbocycles. The predicted octanol–water partition coefficient (Wildman–Crippen LogP) is 2.89. The van der Waals surface area contributed by atoms with Crippen LogP contribution in [0.3, 0.4) is 0 Å². The van der Waals surface area contributed by atoms with Crippen LogP contribution < -0.4 is 5.32 Å². The lowest BCUT2D eigenvalue weighted by Gasteiger charge is -2.34. The van der Waals surface area contributed by atoms with Gasteiger partial charge in [0.1, 0.15) is 0 Å². The first kappa shape index (κ1) is 21.5. The zero-order valence-electron chi connectivity index (χ0n) is 14.6. The molecule has 130 valence electrons. The number of rotatable bonds is 4. The maximum Gasteiger partial charge on any atom is 0.310 e. The number of nitrogens with zero attached hydrogens (tertiary/aromatic N) is 2. The van der Waals surface area contributed by atoms with Crippen molar-refractivity contribution in [2.45, 2.75) is 47.0 Å². The predicted molar refractivity (Wildman–Crippen MR) is 102 cm³/mol.